The molecule has 0 aliphatic carbocycles. The molecule has 1 fully saturated rings. The molecule has 1 aliphatic rings. The summed E-state index contributed by atoms with van der Waals surface area (Å²) in [7, 11) is 0. The molecule has 1 aliphatic heterocycles. The van der Waals surface area contributed by atoms with Crippen LogP contribution in [0, 0.1) is 0 Å². The van der Waals surface area contributed by atoms with E-state index < -0.39 is 35.8 Å². The number of benzene rings is 1. The molecule has 4 amide bonds. The van der Waals surface area contributed by atoms with E-state index >= 15 is 0 Å². The minimum Gasteiger partial charge on any atom is -0.423 e. The highest BCUT2D eigenvalue weighted by molar-refractivity contribution is 6.38. The van der Waals surface area contributed by atoms with Crippen molar-refractivity contribution in [1.82, 2.24) is 15.1 Å². The number of imide groups is 1. The number of ether oxygens (including phenoxy) is 2. The second kappa shape index (κ2) is 9.63. The van der Waals surface area contributed by atoms with Crippen molar-refractivity contribution in [2.45, 2.75) is 26.8 Å². The zero-order valence-electron chi connectivity index (χ0n) is 16.6. The minimum absolute atomic E-state index is 0.0279. The second-order valence-corrected chi connectivity index (χ2v) is 6.24. The summed E-state index contributed by atoms with van der Waals surface area (Å²) in [5, 5.41) is 2.30. The number of hydrogen-bond donors (Lipinski definition) is 1. The molecule has 1 saturated heterocycles. The van der Waals surface area contributed by atoms with Gasteiger partial charge in [0.2, 0.25) is 6.29 Å². The van der Waals surface area contributed by atoms with Crippen molar-refractivity contribution in [1.29, 1.82) is 0 Å². The van der Waals surface area contributed by atoms with Crippen LogP contribution in [0.3, 0.4) is 0 Å². The van der Waals surface area contributed by atoms with E-state index in [4.69, 9.17) is 9.47 Å². The van der Waals surface area contributed by atoms with Gasteiger partial charge in [0.25, 0.3) is 0 Å². The quantitative estimate of drug-likeness (QED) is 0.389. The Morgan fingerprint density at radius 2 is 1.70 bits per heavy atom. The Morgan fingerprint density at radius 1 is 1.07 bits per heavy atom. The van der Waals surface area contributed by atoms with Crippen LogP contribution in [0.1, 0.15) is 32.4 Å². The Kier molecular flexibility index (Phi) is 7.23. The molecule has 1 unspecified atom stereocenters. The molecule has 1 heterocycles. The van der Waals surface area contributed by atoms with Crippen molar-refractivity contribution >= 4 is 36.1 Å². The van der Waals surface area contributed by atoms with Gasteiger partial charge in [0, 0.05) is 33.5 Å². The molecule has 1 N–H and O–H groups in total. The maximum Gasteiger partial charge on any atom is 0.325 e. The molecule has 11 nitrogen and oxygen atoms in total. The van der Waals surface area contributed by atoms with Crippen LogP contribution in [0.25, 0.3) is 0 Å². The Labute approximate surface area is 171 Å². The molecule has 1 aromatic rings. The largest absolute Gasteiger partial charge is 0.423 e. The number of likely N-dealkylation sites (N-methyl/N-ethyl adjacent to an activating group) is 1. The van der Waals surface area contributed by atoms with Gasteiger partial charge >= 0.3 is 29.8 Å². The van der Waals surface area contributed by atoms with Gasteiger partial charge < -0.3 is 19.7 Å². The standard InChI is InChI=1S/C19H20N3O8/c1-4-21-7-8-22(18(27)17(21)26)19(28)20-14(10-23)13-5-6-15(29-11(2)24)16(9-13)30-12(3)25/h5-6,9,14H,4,7-8H2,1-3H3,(H,20,28). The maximum absolute atomic E-state index is 12.5. The number of nitrogens with one attached hydrogen (secondary N) is 1. The Hall–Kier alpha value is -3.76. The lowest BCUT2D eigenvalue weighted by atomic mass is 10.1. The average Bonchev–Trinajstić information content (AvgIpc) is 2.68. The molecule has 0 spiro atoms. The Bertz CT molecular complexity index is 898. The number of urea groups is 1. The van der Waals surface area contributed by atoms with Crippen LogP contribution in [0.15, 0.2) is 18.2 Å². The van der Waals surface area contributed by atoms with Gasteiger partial charge in [-0.15, -0.1) is 0 Å². The second-order valence-electron chi connectivity index (χ2n) is 6.24. The van der Waals surface area contributed by atoms with E-state index in [2.05, 4.69) is 5.32 Å². The SMILES string of the molecule is CCN1CCN(C(=O)NC([C]=O)c2ccc(OC(C)=O)c(OC(C)=O)c2)C(=O)C1=O. The van der Waals surface area contributed by atoms with Crippen LogP contribution in [0.5, 0.6) is 11.5 Å². The predicted octanol–water partition coefficient (Wildman–Crippen LogP) is 0.0883. The average molecular weight is 418 g/mol. The van der Waals surface area contributed by atoms with Crippen molar-refractivity contribution in [3.8, 4) is 11.5 Å². The van der Waals surface area contributed by atoms with Crippen molar-refractivity contribution in [3.63, 3.8) is 0 Å². The molecular weight excluding hydrogens is 398 g/mol. The zero-order valence-corrected chi connectivity index (χ0v) is 16.6. The molecule has 1 atom stereocenters. The number of carbonyl (C=O) groups excluding carboxylic acids is 6. The first-order chi connectivity index (χ1) is 14.2. The highest BCUT2D eigenvalue weighted by Gasteiger charge is 2.36. The first-order valence-corrected chi connectivity index (χ1v) is 8.97. The molecule has 30 heavy (non-hydrogen) atoms. The van der Waals surface area contributed by atoms with Crippen LogP contribution in [-0.4, -0.2) is 65.5 Å². The molecule has 0 bridgehead atoms. The lowest BCUT2D eigenvalue weighted by Crippen LogP contribution is -2.58. The molecular formula is C19H20N3O8. The summed E-state index contributed by atoms with van der Waals surface area (Å²) < 4.78 is 9.93. The summed E-state index contributed by atoms with van der Waals surface area (Å²) in [5.41, 5.74) is 0.150. The highest BCUT2D eigenvalue weighted by Crippen LogP contribution is 2.31. The molecule has 11 heteroatoms. The van der Waals surface area contributed by atoms with Crippen molar-refractivity contribution in [3.05, 3.63) is 23.8 Å². The first-order valence-electron chi connectivity index (χ1n) is 8.97. The van der Waals surface area contributed by atoms with E-state index in [1.165, 1.54) is 23.1 Å². The van der Waals surface area contributed by atoms with Crippen LogP contribution >= 0.6 is 0 Å². The van der Waals surface area contributed by atoms with Crippen molar-refractivity contribution < 1.29 is 38.2 Å². The fourth-order valence-electron chi connectivity index (χ4n) is 2.73. The van der Waals surface area contributed by atoms with Crippen molar-refractivity contribution in [2.75, 3.05) is 19.6 Å². The first kappa shape index (κ1) is 22.5. The lowest BCUT2D eigenvalue weighted by molar-refractivity contribution is -0.153. The van der Waals surface area contributed by atoms with Gasteiger partial charge in [0.1, 0.15) is 6.04 Å². The van der Waals surface area contributed by atoms with E-state index in [-0.39, 0.29) is 30.2 Å². The third-order valence-electron chi connectivity index (χ3n) is 4.13. The number of nitrogens with zero attached hydrogens (tertiary/aromatic N) is 2. The lowest BCUT2D eigenvalue weighted by Gasteiger charge is -2.32. The Balaban J connectivity index is 2.22. The van der Waals surface area contributed by atoms with Gasteiger partial charge in [-0.2, -0.15) is 0 Å². The number of amides is 4. The van der Waals surface area contributed by atoms with Gasteiger partial charge in [-0.05, 0) is 24.6 Å². The van der Waals surface area contributed by atoms with Gasteiger partial charge in [0.15, 0.2) is 11.5 Å². The van der Waals surface area contributed by atoms with E-state index in [0.717, 1.165) is 13.8 Å². The number of esters is 2. The summed E-state index contributed by atoms with van der Waals surface area (Å²) in [4.78, 5) is 72.5. The normalized spacial score (nSPS) is 14.8. The van der Waals surface area contributed by atoms with E-state index in [1.54, 1.807) is 13.2 Å². The summed E-state index contributed by atoms with van der Waals surface area (Å²) in [6.45, 7) is 4.48. The molecule has 2 rings (SSSR count). The van der Waals surface area contributed by atoms with Crippen LogP contribution in [0.4, 0.5) is 4.79 Å². The van der Waals surface area contributed by atoms with Gasteiger partial charge in [-0.25, -0.2) is 4.79 Å². The fraction of sp³-hybridized carbons (Fsp3) is 0.368. The predicted molar refractivity (Wildman–Crippen MR) is 100.0 cm³/mol. The van der Waals surface area contributed by atoms with Crippen LogP contribution in [-0.2, 0) is 24.0 Å². The third kappa shape index (κ3) is 5.19. The topological polar surface area (TPSA) is 139 Å². The molecule has 159 valence electrons. The molecule has 1 radical (unpaired) electrons. The van der Waals surface area contributed by atoms with Crippen LogP contribution < -0.4 is 14.8 Å². The summed E-state index contributed by atoms with van der Waals surface area (Å²) >= 11 is 0. The van der Waals surface area contributed by atoms with Crippen molar-refractivity contribution in [2.24, 2.45) is 0 Å². The molecule has 1 aromatic carbocycles. The fourth-order valence-corrected chi connectivity index (χ4v) is 2.73. The smallest absolute Gasteiger partial charge is 0.325 e. The number of rotatable bonds is 6. The summed E-state index contributed by atoms with van der Waals surface area (Å²) in [5.74, 6) is -3.38. The zero-order chi connectivity index (χ0) is 22.4. The highest BCUT2D eigenvalue weighted by atomic mass is 16.6. The van der Waals surface area contributed by atoms with E-state index in [1.807, 2.05) is 0 Å². The maximum atomic E-state index is 12.5. The summed E-state index contributed by atoms with van der Waals surface area (Å²) in [6.07, 6.45) is 1.61. The molecule has 0 saturated carbocycles. The van der Waals surface area contributed by atoms with Crippen LogP contribution in [0.2, 0.25) is 0 Å². The Morgan fingerprint density at radius 3 is 2.27 bits per heavy atom. The number of carbonyl (C=O) groups is 5. The van der Waals surface area contributed by atoms with Gasteiger partial charge in [-0.3, -0.25) is 28.9 Å². The minimum atomic E-state index is -1.34. The van der Waals surface area contributed by atoms with Gasteiger partial charge in [0.05, 0.1) is 0 Å². The number of hydrogen-bond acceptors (Lipinski definition) is 8. The monoisotopic (exact) mass is 418 g/mol. The van der Waals surface area contributed by atoms with E-state index in [9.17, 15) is 28.8 Å². The third-order valence-corrected chi connectivity index (χ3v) is 4.13. The molecule has 0 aromatic heterocycles. The number of piperazine rings is 1. The summed E-state index contributed by atoms with van der Waals surface area (Å²) in [6, 6.07) is 1.56. The van der Waals surface area contributed by atoms with E-state index in [0.29, 0.717) is 11.4 Å². The van der Waals surface area contributed by atoms with Gasteiger partial charge in [-0.1, -0.05) is 6.07 Å².